The maximum atomic E-state index is 12.8. The van der Waals surface area contributed by atoms with Gasteiger partial charge in [-0.1, -0.05) is 72.8 Å². The van der Waals surface area contributed by atoms with E-state index >= 15 is 0 Å². The molecular weight excluding hydrogens is 652 g/mol. The third-order valence-corrected chi connectivity index (χ3v) is 9.50. The normalized spacial score (nSPS) is 17.8. The van der Waals surface area contributed by atoms with Crippen molar-refractivity contribution in [2.45, 2.75) is 90.5 Å². The van der Waals surface area contributed by atoms with E-state index in [1.165, 1.54) is 0 Å². The summed E-state index contributed by atoms with van der Waals surface area (Å²) in [6, 6.07) is 25.2. The highest BCUT2D eigenvalue weighted by molar-refractivity contribution is 5.74. The summed E-state index contributed by atoms with van der Waals surface area (Å²) in [6.45, 7) is 12.7. The van der Waals surface area contributed by atoms with E-state index in [2.05, 4.69) is 82.8 Å². The maximum absolute atomic E-state index is 12.8. The fraction of sp³-hybridized carbons (Fsp3) is 0.381. The number of carbonyl (C=O) groups is 2. The van der Waals surface area contributed by atoms with Crippen molar-refractivity contribution >= 4 is 12.2 Å². The minimum atomic E-state index is -0.537. The fourth-order valence-electron chi connectivity index (χ4n) is 7.01. The SMILES string of the molecule is CC(C)(C)OC(=O)N1CCC[C@H]1c1nc(-c2ccc(-c3ccc(-c4ccc(-c5c[nH]c([C@@H]6CCCN6C(=O)OC(C)(C)C)n5)cc4)cc3)cc2)c[nH]1. The molecule has 3 aromatic carbocycles. The van der Waals surface area contributed by atoms with E-state index in [0.717, 1.165) is 82.1 Å². The first-order valence-electron chi connectivity index (χ1n) is 18.2. The number of aromatic nitrogens is 4. The summed E-state index contributed by atoms with van der Waals surface area (Å²) < 4.78 is 11.3. The number of benzene rings is 3. The summed E-state index contributed by atoms with van der Waals surface area (Å²) in [7, 11) is 0. The molecule has 4 heterocycles. The van der Waals surface area contributed by atoms with E-state index < -0.39 is 11.2 Å². The highest BCUT2D eigenvalue weighted by atomic mass is 16.6. The summed E-state index contributed by atoms with van der Waals surface area (Å²) >= 11 is 0. The van der Waals surface area contributed by atoms with Crippen LogP contribution in [0.1, 0.15) is 91.0 Å². The summed E-state index contributed by atoms with van der Waals surface area (Å²) in [5, 5.41) is 0. The lowest BCUT2D eigenvalue weighted by Gasteiger charge is -2.27. The Hall–Kier alpha value is -5.38. The first-order valence-corrected chi connectivity index (χ1v) is 18.2. The van der Waals surface area contributed by atoms with Crippen LogP contribution in [0.2, 0.25) is 0 Å². The fourth-order valence-corrected chi connectivity index (χ4v) is 7.01. The number of amides is 2. The van der Waals surface area contributed by atoms with Crippen LogP contribution in [0.4, 0.5) is 9.59 Å². The molecule has 0 saturated carbocycles. The van der Waals surface area contributed by atoms with Gasteiger partial charge in [-0.25, -0.2) is 19.6 Å². The Balaban J connectivity index is 0.984. The van der Waals surface area contributed by atoms with Crippen LogP contribution in [0.15, 0.2) is 85.2 Å². The minimum absolute atomic E-state index is 0.115. The van der Waals surface area contributed by atoms with Gasteiger partial charge >= 0.3 is 12.2 Å². The number of aromatic amines is 2. The molecule has 10 nitrogen and oxygen atoms in total. The number of hydrogen-bond donors (Lipinski definition) is 2. The number of nitrogens with zero attached hydrogens (tertiary/aromatic N) is 4. The van der Waals surface area contributed by atoms with E-state index in [1.54, 1.807) is 9.80 Å². The summed E-state index contributed by atoms with van der Waals surface area (Å²) in [5.41, 5.74) is 7.15. The van der Waals surface area contributed by atoms with Crippen LogP contribution in [0.5, 0.6) is 0 Å². The number of nitrogens with one attached hydrogen (secondary N) is 2. The smallest absolute Gasteiger partial charge is 0.410 e. The van der Waals surface area contributed by atoms with Crippen LogP contribution in [-0.2, 0) is 9.47 Å². The predicted octanol–water partition coefficient (Wildman–Crippen LogP) is 9.94. The first kappa shape index (κ1) is 35.0. The van der Waals surface area contributed by atoms with Crippen molar-refractivity contribution in [1.29, 1.82) is 0 Å². The van der Waals surface area contributed by atoms with E-state index in [4.69, 9.17) is 19.4 Å². The molecule has 2 amide bonds. The van der Waals surface area contributed by atoms with Crippen LogP contribution in [0.3, 0.4) is 0 Å². The predicted molar refractivity (Wildman–Crippen MR) is 202 cm³/mol. The van der Waals surface area contributed by atoms with Gasteiger partial charge in [-0.3, -0.25) is 9.80 Å². The van der Waals surface area contributed by atoms with E-state index in [9.17, 15) is 9.59 Å². The Kier molecular flexibility index (Phi) is 9.42. The molecule has 0 radical (unpaired) electrons. The van der Waals surface area contributed by atoms with Crippen LogP contribution < -0.4 is 0 Å². The number of carbonyl (C=O) groups excluding carboxylic acids is 2. The van der Waals surface area contributed by atoms with Crippen molar-refractivity contribution in [3.8, 4) is 44.8 Å². The van der Waals surface area contributed by atoms with Crippen LogP contribution in [0.25, 0.3) is 44.8 Å². The molecule has 2 aromatic heterocycles. The summed E-state index contributed by atoms with van der Waals surface area (Å²) in [4.78, 5) is 45.5. The van der Waals surface area contributed by atoms with Gasteiger partial charge in [0.05, 0.1) is 23.5 Å². The molecule has 2 aliphatic heterocycles. The molecule has 0 aliphatic carbocycles. The van der Waals surface area contributed by atoms with Crippen molar-refractivity contribution in [2.75, 3.05) is 13.1 Å². The number of H-pyrrole nitrogens is 2. The molecule has 2 aliphatic rings. The van der Waals surface area contributed by atoms with Gasteiger partial charge in [-0.2, -0.15) is 0 Å². The first-order chi connectivity index (χ1) is 24.8. The molecule has 2 saturated heterocycles. The summed E-state index contributed by atoms with van der Waals surface area (Å²) in [5.74, 6) is 1.58. The molecule has 2 atom stereocenters. The zero-order chi connectivity index (χ0) is 36.6. The minimum Gasteiger partial charge on any atom is -0.444 e. The number of likely N-dealkylation sites (tertiary alicyclic amines) is 2. The zero-order valence-electron chi connectivity index (χ0n) is 30.9. The van der Waals surface area contributed by atoms with E-state index in [-0.39, 0.29) is 24.3 Å². The standard InChI is InChI=1S/C42H48N6O4/c1-41(2,3)51-39(49)47-23-7-9-35(47)37-43-25-33(45-37)31-19-15-29(16-20-31)27-11-13-28(14-12-27)30-17-21-32(22-18-30)34-26-44-38(46-34)36-10-8-24-48(36)40(50)52-42(4,5)6/h11-22,25-26,35-36H,7-10,23-24H2,1-6H3,(H,43,45)(H,44,46)/t35-,36-/m0/s1. The topological polar surface area (TPSA) is 116 Å². The van der Waals surface area contributed by atoms with Gasteiger partial charge in [0, 0.05) is 36.6 Å². The van der Waals surface area contributed by atoms with Gasteiger partial charge in [0.2, 0.25) is 0 Å². The third-order valence-electron chi connectivity index (χ3n) is 9.50. The van der Waals surface area contributed by atoms with Crippen molar-refractivity contribution < 1.29 is 19.1 Å². The summed E-state index contributed by atoms with van der Waals surface area (Å²) in [6.07, 6.45) is 6.79. The van der Waals surface area contributed by atoms with E-state index in [1.807, 2.05) is 53.9 Å². The van der Waals surface area contributed by atoms with Gasteiger partial charge < -0.3 is 19.4 Å². The Labute approximate surface area is 305 Å². The number of ether oxygens (including phenoxy) is 2. The molecule has 10 heteroatoms. The number of hydrogen-bond acceptors (Lipinski definition) is 6. The van der Waals surface area contributed by atoms with Crippen molar-refractivity contribution in [2.24, 2.45) is 0 Å². The Morgan fingerprint density at radius 2 is 0.865 bits per heavy atom. The zero-order valence-corrected chi connectivity index (χ0v) is 30.9. The van der Waals surface area contributed by atoms with E-state index in [0.29, 0.717) is 13.1 Å². The second-order valence-electron chi connectivity index (χ2n) is 15.7. The number of imidazole rings is 2. The van der Waals surface area contributed by atoms with Gasteiger partial charge in [0.25, 0.3) is 0 Å². The quantitative estimate of drug-likeness (QED) is 0.182. The highest BCUT2D eigenvalue weighted by Gasteiger charge is 2.36. The van der Waals surface area contributed by atoms with Crippen LogP contribution in [0, 0.1) is 0 Å². The maximum Gasteiger partial charge on any atom is 0.410 e. The number of rotatable bonds is 6. The molecule has 2 fully saturated rings. The molecule has 7 rings (SSSR count). The molecule has 0 unspecified atom stereocenters. The molecule has 5 aromatic rings. The molecule has 0 bridgehead atoms. The molecule has 52 heavy (non-hydrogen) atoms. The lowest BCUT2D eigenvalue weighted by molar-refractivity contribution is 0.0208. The van der Waals surface area contributed by atoms with Gasteiger partial charge in [0.15, 0.2) is 0 Å². The Morgan fingerprint density at radius 3 is 1.17 bits per heavy atom. The molecule has 2 N–H and O–H groups in total. The monoisotopic (exact) mass is 700 g/mol. The van der Waals surface area contributed by atoms with Gasteiger partial charge in [-0.05, 0) is 89.5 Å². The lowest BCUT2D eigenvalue weighted by Crippen LogP contribution is -2.36. The van der Waals surface area contributed by atoms with Crippen molar-refractivity contribution in [3.63, 3.8) is 0 Å². The average Bonchev–Trinajstić information content (AvgIpc) is 3.93. The third kappa shape index (κ3) is 7.76. The molecule has 0 spiro atoms. The molecular formula is C42H48N6O4. The second kappa shape index (κ2) is 14.0. The Morgan fingerprint density at radius 1 is 0.558 bits per heavy atom. The largest absolute Gasteiger partial charge is 0.444 e. The van der Waals surface area contributed by atoms with Crippen LogP contribution >= 0.6 is 0 Å². The highest BCUT2D eigenvalue weighted by Crippen LogP contribution is 2.35. The van der Waals surface area contributed by atoms with Crippen molar-refractivity contribution in [1.82, 2.24) is 29.7 Å². The average molecular weight is 701 g/mol. The lowest BCUT2D eigenvalue weighted by atomic mass is 9.98. The van der Waals surface area contributed by atoms with Gasteiger partial charge in [0.1, 0.15) is 22.9 Å². The Bertz CT molecular complexity index is 1870. The van der Waals surface area contributed by atoms with Crippen LogP contribution in [-0.4, -0.2) is 66.2 Å². The molecule has 270 valence electrons. The van der Waals surface area contributed by atoms with Crippen molar-refractivity contribution in [3.05, 3.63) is 96.8 Å². The van der Waals surface area contributed by atoms with Gasteiger partial charge in [-0.15, -0.1) is 0 Å². The second-order valence-corrected chi connectivity index (χ2v) is 15.7.